The van der Waals surface area contributed by atoms with Crippen LogP contribution in [0, 0.1) is 0 Å². The van der Waals surface area contributed by atoms with Gasteiger partial charge in [-0.05, 0) is 36.8 Å². The molecule has 0 atom stereocenters. The Morgan fingerprint density at radius 1 is 1.16 bits per heavy atom. The number of hydrogen-bond donors (Lipinski definition) is 2. The van der Waals surface area contributed by atoms with E-state index in [1.807, 2.05) is 0 Å². The third-order valence-electron chi connectivity index (χ3n) is 3.24. The summed E-state index contributed by atoms with van der Waals surface area (Å²) in [7, 11) is 1.60. The number of ether oxygens (including phenoxy) is 1. The van der Waals surface area contributed by atoms with Gasteiger partial charge in [-0.2, -0.15) is 0 Å². The number of carbonyl (C=O) groups excluding carboxylic acids is 2. The summed E-state index contributed by atoms with van der Waals surface area (Å²) in [5.41, 5.74) is 0.864. The zero-order valence-electron chi connectivity index (χ0n) is 13.5. The minimum absolute atomic E-state index is 0.107. The van der Waals surface area contributed by atoms with Gasteiger partial charge in [-0.25, -0.2) is 0 Å². The molecule has 2 aromatic rings. The normalized spacial score (nSPS) is 10.4. The number of halogens is 2. The van der Waals surface area contributed by atoms with E-state index in [9.17, 15) is 9.59 Å². The first-order chi connectivity index (χ1) is 12.0. The Bertz CT molecular complexity index is 769. The highest BCUT2D eigenvalue weighted by Gasteiger charge is 2.13. The predicted octanol–water partition coefficient (Wildman–Crippen LogP) is 3.41. The molecule has 0 aliphatic heterocycles. The molecule has 0 saturated carbocycles. The van der Waals surface area contributed by atoms with Crippen molar-refractivity contribution in [2.75, 3.05) is 25.6 Å². The smallest absolute Gasteiger partial charge is 0.274 e. The van der Waals surface area contributed by atoms with E-state index in [2.05, 4.69) is 15.6 Å². The molecule has 1 aromatic carbocycles. The number of pyridine rings is 1. The Hall–Kier alpha value is -2.15. The standard InChI is InChI=1S/C17H17Cl2N3O3/c1-25-8-2-6-21-16(23)11-5-7-20-15(9-11)17(24)22-14-4-3-12(18)10-13(14)19/h3-5,7,9-10H,2,6,8H2,1H3,(H,21,23)(H,22,24). The van der Waals surface area contributed by atoms with Crippen molar-refractivity contribution >= 4 is 40.7 Å². The van der Waals surface area contributed by atoms with Crippen molar-refractivity contribution in [2.24, 2.45) is 0 Å². The van der Waals surface area contributed by atoms with Gasteiger partial charge >= 0.3 is 0 Å². The lowest BCUT2D eigenvalue weighted by atomic mass is 10.2. The van der Waals surface area contributed by atoms with Crippen molar-refractivity contribution in [3.8, 4) is 0 Å². The van der Waals surface area contributed by atoms with E-state index in [0.717, 1.165) is 0 Å². The van der Waals surface area contributed by atoms with Crippen molar-refractivity contribution in [1.29, 1.82) is 0 Å². The zero-order valence-corrected chi connectivity index (χ0v) is 15.0. The van der Waals surface area contributed by atoms with Crippen LogP contribution in [-0.2, 0) is 4.74 Å². The summed E-state index contributed by atoms with van der Waals surface area (Å²) in [5, 5.41) is 6.17. The highest BCUT2D eigenvalue weighted by atomic mass is 35.5. The maximum atomic E-state index is 12.3. The molecule has 0 saturated heterocycles. The number of anilines is 1. The van der Waals surface area contributed by atoms with Crippen LogP contribution >= 0.6 is 23.2 Å². The molecular weight excluding hydrogens is 365 g/mol. The van der Waals surface area contributed by atoms with E-state index in [-0.39, 0.29) is 11.6 Å². The molecule has 1 heterocycles. The Morgan fingerprint density at radius 2 is 1.96 bits per heavy atom. The number of benzene rings is 1. The highest BCUT2D eigenvalue weighted by molar-refractivity contribution is 6.36. The summed E-state index contributed by atoms with van der Waals surface area (Å²) in [6.07, 6.45) is 2.11. The Kier molecular flexibility index (Phi) is 7.18. The molecule has 1 aromatic heterocycles. The minimum atomic E-state index is -0.474. The van der Waals surface area contributed by atoms with Crippen LogP contribution < -0.4 is 10.6 Å². The van der Waals surface area contributed by atoms with Crippen molar-refractivity contribution in [3.63, 3.8) is 0 Å². The second-order valence-electron chi connectivity index (χ2n) is 5.11. The number of nitrogens with one attached hydrogen (secondary N) is 2. The molecule has 0 fully saturated rings. The lowest BCUT2D eigenvalue weighted by Gasteiger charge is -2.08. The first kappa shape index (κ1) is 19.2. The molecule has 0 unspecified atom stereocenters. The number of carbonyl (C=O) groups is 2. The molecule has 0 aliphatic rings. The van der Waals surface area contributed by atoms with E-state index in [1.54, 1.807) is 19.2 Å². The molecule has 2 N–H and O–H groups in total. The number of nitrogens with zero attached hydrogens (tertiary/aromatic N) is 1. The maximum Gasteiger partial charge on any atom is 0.274 e. The fraction of sp³-hybridized carbons (Fsp3) is 0.235. The summed E-state index contributed by atoms with van der Waals surface area (Å²) >= 11 is 11.9. The molecule has 132 valence electrons. The lowest BCUT2D eigenvalue weighted by Crippen LogP contribution is -2.25. The van der Waals surface area contributed by atoms with Crippen LogP contribution in [0.5, 0.6) is 0 Å². The maximum absolute atomic E-state index is 12.3. The zero-order chi connectivity index (χ0) is 18.2. The van der Waals surface area contributed by atoms with Gasteiger partial charge in [0, 0.05) is 37.0 Å². The van der Waals surface area contributed by atoms with Gasteiger partial charge in [-0.15, -0.1) is 0 Å². The van der Waals surface area contributed by atoms with E-state index in [4.69, 9.17) is 27.9 Å². The van der Waals surface area contributed by atoms with Gasteiger partial charge in [0.15, 0.2) is 0 Å². The van der Waals surface area contributed by atoms with Crippen molar-refractivity contribution in [3.05, 3.63) is 57.8 Å². The van der Waals surface area contributed by atoms with Crippen LogP contribution in [0.25, 0.3) is 0 Å². The van der Waals surface area contributed by atoms with Crippen LogP contribution in [0.1, 0.15) is 27.3 Å². The Balaban J connectivity index is 2.04. The third-order valence-corrected chi connectivity index (χ3v) is 3.79. The van der Waals surface area contributed by atoms with Gasteiger partial charge in [-0.1, -0.05) is 23.2 Å². The summed E-state index contributed by atoms with van der Waals surface area (Å²) in [6.45, 7) is 1.04. The van der Waals surface area contributed by atoms with E-state index in [0.29, 0.717) is 40.9 Å². The highest BCUT2D eigenvalue weighted by Crippen LogP contribution is 2.25. The van der Waals surface area contributed by atoms with Crippen LogP contribution in [-0.4, -0.2) is 37.1 Å². The quantitative estimate of drug-likeness (QED) is 0.720. The topological polar surface area (TPSA) is 80.3 Å². The van der Waals surface area contributed by atoms with Crippen LogP contribution in [0.3, 0.4) is 0 Å². The molecule has 0 radical (unpaired) electrons. The fourth-order valence-electron chi connectivity index (χ4n) is 1.99. The molecule has 0 bridgehead atoms. The van der Waals surface area contributed by atoms with Crippen molar-refractivity contribution in [1.82, 2.24) is 10.3 Å². The fourth-order valence-corrected chi connectivity index (χ4v) is 2.45. The van der Waals surface area contributed by atoms with Crippen LogP contribution in [0.15, 0.2) is 36.5 Å². The van der Waals surface area contributed by atoms with Crippen molar-refractivity contribution in [2.45, 2.75) is 6.42 Å². The molecule has 25 heavy (non-hydrogen) atoms. The van der Waals surface area contributed by atoms with E-state index >= 15 is 0 Å². The summed E-state index contributed by atoms with van der Waals surface area (Å²) < 4.78 is 4.92. The van der Waals surface area contributed by atoms with Gasteiger partial charge in [0.2, 0.25) is 0 Å². The molecule has 8 heteroatoms. The molecule has 0 aliphatic carbocycles. The lowest BCUT2D eigenvalue weighted by molar-refractivity contribution is 0.0948. The van der Waals surface area contributed by atoms with E-state index in [1.165, 1.54) is 24.4 Å². The van der Waals surface area contributed by atoms with Crippen molar-refractivity contribution < 1.29 is 14.3 Å². The first-order valence-corrected chi connectivity index (χ1v) is 8.26. The molecular formula is C17H17Cl2N3O3. The number of amides is 2. The number of aromatic nitrogens is 1. The third kappa shape index (κ3) is 5.70. The second-order valence-corrected chi connectivity index (χ2v) is 5.95. The molecule has 2 amide bonds. The van der Waals surface area contributed by atoms with Gasteiger partial charge < -0.3 is 15.4 Å². The van der Waals surface area contributed by atoms with Crippen LogP contribution in [0.4, 0.5) is 5.69 Å². The number of rotatable bonds is 7. The first-order valence-electron chi connectivity index (χ1n) is 7.51. The van der Waals surface area contributed by atoms with Gasteiger partial charge in [0.05, 0.1) is 10.7 Å². The number of methoxy groups -OCH3 is 1. The van der Waals surface area contributed by atoms with Crippen LogP contribution in [0.2, 0.25) is 10.0 Å². The summed E-state index contributed by atoms with van der Waals surface area (Å²) in [6, 6.07) is 7.69. The average Bonchev–Trinajstić information content (AvgIpc) is 2.61. The second kappa shape index (κ2) is 9.36. The molecule has 0 spiro atoms. The Labute approximate surface area is 155 Å². The summed E-state index contributed by atoms with van der Waals surface area (Å²) in [4.78, 5) is 28.4. The monoisotopic (exact) mass is 381 g/mol. The van der Waals surface area contributed by atoms with Gasteiger partial charge in [0.25, 0.3) is 11.8 Å². The average molecular weight is 382 g/mol. The Morgan fingerprint density at radius 3 is 2.68 bits per heavy atom. The summed E-state index contributed by atoms with van der Waals surface area (Å²) in [5.74, 6) is -0.754. The predicted molar refractivity (Wildman–Crippen MR) is 97.5 cm³/mol. The number of hydrogen-bond acceptors (Lipinski definition) is 4. The molecule has 6 nitrogen and oxygen atoms in total. The largest absolute Gasteiger partial charge is 0.385 e. The molecule has 2 rings (SSSR count). The van der Waals surface area contributed by atoms with Gasteiger partial charge in [-0.3, -0.25) is 14.6 Å². The van der Waals surface area contributed by atoms with E-state index < -0.39 is 5.91 Å². The SMILES string of the molecule is COCCCNC(=O)c1ccnc(C(=O)Nc2ccc(Cl)cc2Cl)c1. The minimum Gasteiger partial charge on any atom is -0.385 e. The van der Waals surface area contributed by atoms with Gasteiger partial charge in [0.1, 0.15) is 5.69 Å².